The minimum Gasteiger partial charge on any atom is -0.497 e. The van der Waals surface area contributed by atoms with Crippen LogP contribution in [0.2, 0.25) is 0 Å². The number of aromatic hydroxyl groups is 1. The van der Waals surface area contributed by atoms with Crippen LogP contribution in [0, 0.1) is 30.3 Å². The van der Waals surface area contributed by atoms with E-state index >= 15 is 0 Å². The third-order valence-corrected chi connectivity index (χ3v) is 4.91. The van der Waals surface area contributed by atoms with Gasteiger partial charge in [0, 0.05) is 10.8 Å². The van der Waals surface area contributed by atoms with Gasteiger partial charge in [0.2, 0.25) is 0 Å². The first-order chi connectivity index (χ1) is 16.2. The van der Waals surface area contributed by atoms with Crippen molar-refractivity contribution in [1.29, 1.82) is 0 Å². The van der Waals surface area contributed by atoms with Gasteiger partial charge < -0.3 is 14.6 Å². The van der Waals surface area contributed by atoms with Crippen LogP contribution in [0.15, 0.2) is 60.7 Å². The first-order valence-corrected chi connectivity index (χ1v) is 9.52. The van der Waals surface area contributed by atoms with Crippen LogP contribution in [0.4, 0.5) is 17.1 Å². The standard InChI is InChI=1S/C16H14O2.C6H3N3O7/c1-17-13-7-3-5-11-9-10-12-6-4-8-14(18-2)16(12)15(11)13;10-6-4(8(13)14)1-3(7(11)12)2-5(6)9(15)16/h3-10H,1-2H3;1-2,10H. The van der Waals surface area contributed by atoms with Crippen molar-refractivity contribution in [2.24, 2.45) is 0 Å². The number of ether oxygens (including phenoxy) is 2. The summed E-state index contributed by atoms with van der Waals surface area (Å²) in [4.78, 5) is 27.8. The maximum Gasteiger partial charge on any atom is 0.324 e. The van der Waals surface area contributed by atoms with E-state index < -0.39 is 37.6 Å². The largest absolute Gasteiger partial charge is 0.497 e. The Bertz CT molecular complexity index is 1340. The number of phenols is 1. The molecule has 12 heteroatoms. The molecule has 4 aromatic carbocycles. The van der Waals surface area contributed by atoms with Crippen molar-refractivity contribution in [1.82, 2.24) is 0 Å². The summed E-state index contributed by atoms with van der Waals surface area (Å²) >= 11 is 0. The predicted molar refractivity (Wildman–Crippen MR) is 123 cm³/mol. The zero-order chi connectivity index (χ0) is 25.0. The van der Waals surface area contributed by atoms with Gasteiger partial charge in [0.15, 0.2) is 0 Å². The molecular weight excluding hydrogens is 450 g/mol. The topological polar surface area (TPSA) is 168 Å². The average Bonchev–Trinajstić information content (AvgIpc) is 2.82. The van der Waals surface area contributed by atoms with Crippen LogP contribution in [0.25, 0.3) is 21.5 Å². The van der Waals surface area contributed by atoms with Gasteiger partial charge >= 0.3 is 11.4 Å². The van der Waals surface area contributed by atoms with Crippen LogP contribution >= 0.6 is 0 Å². The summed E-state index contributed by atoms with van der Waals surface area (Å²) in [7, 11) is 3.39. The third-order valence-electron chi connectivity index (χ3n) is 4.91. The Balaban J connectivity index is 0.000000192. The quantitative estimate of drug-likeness (QED) is 0.238. The molecule has 0 aliphatic rings. The molecule has 4 aromatic rings. The summed E-state index contributed by atoms with van der Waals surface area (Å²) in [5.41, 5.74) is -3.00. The van der Waals surface area contributed by atoms with E-state index in [2.05, 4.69) is 24.3 Å². The number of hydrogen-bond acceptors (Lipinski definition) is 9. The number of nitro groups is 3. The number of non-ortho nitro benzene ring substituents is 1. The molecule has 12 nitrogen and oxygen atoms in total. The Labute approximate surface area is 191 Å². The van der Waals surface area contributed by atoms with Gasteiger partial charge in [-0.2, -0.15) is 0 Å². The monoisotopic (exact) mass is 467 g/mol. The number of methoxy groups -OCH3 is 2. The van der Waals surface area contributed by atoms with Crippen LogP contribution < -0.4 is 9.47 Å². The van der Waals surface area contributed by atoms with Crippen molar-refractivity contribution in [3.63, 3.8) is 0 Å². The summed E-state index contributed by atoms with van der Waals surface area (Å²) in [6.07, 6.45) is 0. The Hall–Kier alpha value is -5.00. The number of nitro benzene ring substituents is 3. The minimum absolute atomic E-state index is 0.447. The molecule has 0 spiro atoms. The second kappa shape index (κ2) is 9.65. The molecule has 0 aromatic heterocycles. The van der Waals surface area contributed by atoms with Gasteiger partial charge in [-0.05, 0) is 22.9 Å². The van der Waals surface area contributed by atoms with Gasteiger partial charge in [-0.15, -0.1) is 0 Å². The average molecular weight is 467 g/mol. The lowest BCUT2D eigenvalue weighted by Crippen LogP contribution is -1.97. The van der Waals surface area contributed by atoms with E-state index in [1.807, 2.05) is 24.3 Å². The van der Waals surface area contributed by atoms with E-state index in [-0.39, 0.29) is 0 Å². The van der Waals surface area contributed by atoms with Gasteiger partial charge in [-0.25, -0.2) is 0 Å². The van der Waals surface area contributed by atoms with Gasteiger partial charge in [-0.3, -0.25) is 30.3 Å². The lowest BCUT2D eigenvalue weighted by molar-refractivity contribution is -0.404. The first kappa shape index (κ1) is 23.7. The fraction of sp³-hybridized carbons (Fsp3) is 0.0909. The van der Waals surface area contributed by atoms with Crippen LogP contribution in [-0.4, -0.2) is 34.1 Å². The molecular formula is C22H17N3O9. The molecule has 4 rings (SSSR count). The first-order valence-electron chi connectivity index (χ1n) is 9.52. The Morgan fingerprint density at radius 2 is 1.09 bits per heavy atom. The van der Waals surface area contributed by atoms with E-state index in [1.54, 1.807) is 14.2 Å². The third kappa shape index (κ3) is 4.46. The van der Waals surface area contributed by atoms with Crippen molar-refractivity contribution in [2.75, 3.05) is 14.2 Å². The summed E-state index contributed by atoms with van der Waals surface area (Å²) in [6.45, 7) is 0. The van der Waals surface area contributed by atoms with E-state index in [4.69, 9.17) is 14.6 Å². The number of hydrogen-bond donors (Lipinski definition) is 1. The van der Waals surface area contributed by atoms with Crippen molar-refractivity contribution in [3.05, 3.63) is 91.0 Å². The van der Waals surface area contributed by atoms with Crippen LogP contribution in [0.5, 0.6) is 17.2 Å². The number of benzene rings is 4. The highest BCUT2D eigenvalue weighted by Crippen LogP contribution is 2.39. The van der Waals surface area contributed by atoms with E-state index in [0.717, 1.165) is 33.0 Å². The number of rotatable bonds is 5. The lowest BCUT2D eigenvalue weighted by atomic mass is 10.0. The number of nitrogens with zero attached hydrogens (tertiary/aromatic N) is 3. The van der Waals surface area contributed by atoms with E-state index in [9.17, 15) is 30.3 Å². The predicted octanol–water partition coefficient (Wildman–Crippen LogP) is 5.13. The molecule has 0 bridgehead atoms. The summed E-state index contributed by atoms with van der Waals surface area (Å²) in [5, 5.41) is 44.7. The maximum absolute atomic E-state index is 10.4. The van der Waals surface area contributed by atoms with Gasteiger partial charge in [0.05, 0.1) is 41.1 Å². The zero-order valence-corrected chi connectivity index (χ0v) is 17.8. The van der Waals surface area contributed by atoms with Gasteiger partial charge in [-0.1, -0.05) is 36.4 Å². The normalized spacial score (nSPS) is 10.3. The lowest BCUT2D eigenvalue weighted by Gasteiger charge is -2.11. The van der Waals surface area contributed by atoms with Crippen LogP contribution in [-0.2, 0) is 0 Å². The molecule has 0 atom stereocenters. The molecule has 34 heavy (non-hydrogen) atoms. The molecule has 0 saturated carbocycles. The van der Waals surface area contributed by atoms with Gasteiger partial charge in [0.25, 0.3) is 11.4 Å². The molecule has 0 aliphatic carbocycles. The van der Waals surface area contributed by atoms with Crippen LogP contribution in [0.1, 0.15) is 0 Å². The summed E-state index contributed by atoms with van der Waals surface area (Å²) < 4.78 is 11.0. The van der Waals surface area contributed by atoms with Crippen molar-refractivity contribution in [3.8, 4) is 17.2 Å². The summed E-state index contributed by atoms with van der Waals surface area (Å²) in [6, 6.07) is 17.3. The van der Waals surface area contributed by atoms with E-state index in [1.165, 1.54) is 0 Å². The van der Waals surface area contributed by atoms with Gasteiger partial charge in [0.1, 0.15) is 11.5 Å². The van der Waals surface area contributed by atoms with Crippen LogP contribution in [0.3, 0.4) is 0 Å². The highest BCUT2D eigenvalue weighted by atomic mass is 16.6. The molecule has 174 valence electrons. The number of phenolic OH excluding ortho intramolecular Hbond substituents is 1. The second-order valence-electron chi connectivity index (χ2n) is 6.79. The molecule has 0 saturated heterocycles. The minimum atomic E-state index is -1.21. The fourth-order valence-electron chi connectivity index (χ4n) is 3.40. The summed E-state index contributed by atoms with van der Waals surface area (Å²) in [5.74, 6) is 0.547. The molecule has 0 fully saturated rings. The zero-order valence-electron chi connectivity index (χ0n) is 17.8. The second-order valence-corrected chi connectivity index (χ2v) is 6.79. The van der Waals surface area contributed by atoms with Crippen molar-refractivity contribution in [2.45, 2.75) is 0 Å². The Morgan fingerprint density at radius 3 is 1.41 bits per heavy atom. The molecule has 0 radical (unpaired) electrons. The van der Waals surface area contributed by atoms with Crippen molar-refractivity contribution < 1.29 is 29.4 Å². The smallest absolute Gasteiger partial charge is 0.324 e. The molecule has 0 unspecified atom stereocenters. The fourth-order valence-corrected chi connectivity index (χ4v) is 3.40. The Kier molecular flexibility index (Phi) is 6.71. The molecule has 1 N–H and O–H groups in total. The van der Waals surface area contributed by atoms with Crippen molar-refractivity contribution >= 4 is 38.6 Å². The SMILES string of the molecule is COc1cccc2ccc3cccc(OC)c3c12.O=[N+]([O-])c1cc([N+](=O)[O-])c(O)c([N+](=O)[O-])c1. The Morgan fingerprint density at radius 1 is 0.676 bits per heavy atom. The molecule has 0 amide bonds. The highest BCUT2D eigenvalue weighted by molar-refractivity contribution is 6.13. The molecule has 0 heterocycles. The highest BCUT2D eigenvalue weighted by Gasteiger charge is 2.30. The van der Waals surface area contributed by atoms with E-state index in [0.29, 0.717) is 12.1 Å². The molecule has 0 aliphatic heterocycles. The maximum atomic E-state index is 10.4. The number of fused-ring (bicyclic) bond motifs is 3.